The van der Waals surface area contributed by atoms with Crippen molar-refractivity contribution >= 4 is 29.1 Å². The van der Waals surface area contributed by atoms with Gasteiger partial charge in [0.05, 0.1) is 4.71 Å². The second-order valence-corrected chi connectivity index (χ2v) is 4.83. The Morgan fingerprint density at radius 1 is 1.67 bits per heavy atom. The number of thioether (sulfide) groups is 1. The van der Waals surface area contributed by atoms with Crippen LogP contribution in [0.25, 0.3) is 0 Å². The molecule has 0 unspecified atom stereocenters. The molecule has 0 radical (unpaired) electrons. The molecule has 1 nitrogen and oxygen atoms in total. The van der Waals surface area contributed by atoms with E-state index in [1.807, 2.05) is 0 Å². The number of halogens is 1. The number of rotatable bonds is 0. The van der Waals surface area contributed by atoms with Gasteiger partial charge >= 0.3 is 0 Å². The number of hydrogen-bond donors (Lipinski definition) is 0. The number of carbonyl (C=O) groups is 1. The minimum Gasteiger partial charge on any atom is -0.299 e. The lowest BCUT2D eigenvalue weighted by molar-refractivity contribution is -0.128. The van der Waals surface area contributed by atoms with Crippen LogP contribution in [0.5, 0.6) is 0 Å². The molecule has 3 heteroatoms. The van der Waals surface area contributed by atoms with Crippen molar-refractivity contribution in [3.63, 3.8) is 0 Å². The second-order valence-electron chi connectivity index (χ2n) is 2.60. The molecular weight excluding hydrogens is 156 g/mol. The number of Topliss-reactive ketones (excluding diaryl/α,β-unsaturated/α-hetero) is 1. The fourth-order valence-corrected chi connectivity index (χ4v) is 3.41. The summed E-state index contributed by atoms with van der Waals surface area (Å²) in [5.41, 5.74) is 0. The van der Waals surface area contributed by atoms with Gasteiger partial charge in [0.1, 0.15) is 5.78 Å². The molecule has 0 aromatic rings. The Morgan fingerprint density at radius 3 is 2.89 bits per heavy atom. The van der Waals surface area contributed by atoms with E-state index in [1.165, 1.54) is 0 Å². The zero-order valence-electron chi connectivity index (χ0n) is 4.84. The summed E-state index contributed by atoms with van der Waals surface area (Å²) in [4.78, 5) is 10.8. The van der Waals surface area contributed by atoms with Gasteiger partial charge in [-0.2, -0.15) is 0 Å². The molecule has 2 rings (SSSR count). The molecule has 3 atom stereocenters. The van der Waals surface area contributed by atoms with Gasteiger partial charge < -0.3 is 0 Å². The van der Waals surface area contributed by atoms with Crippen LogP contribution in [0.1, 0.15) is 12.8 Å². The van der Waals surface area contributed by atoms with Crippen molar-refractivity contribution in [3.05, 3.63) is 0 Å². The monoisotopic (exact) mass is 162 g/mol. The molecule has 9 heavy (non-hydrogen) atoms. The van der Waals surface area contributed by atoms with Crippen molar-refractivity contribution < 1.29 is 4.79 Å². The molecule has 0 spiro atoms. The fraction of sp³-hybridized carbons (Fsp3) is 0.833. The van der Waals surface area contributed by atoms with E-state index in [-0.39, 0.29) is 4.71 Å². The average molecular weight is 163 g/mol. The highest BCUT2D eigenvalue weighted by molar-refractivity contribution is 8.02. The molecule has 2 aliphatic rings. The molecule has 0 aromatic carbocycles. The Bertz CT molecular complexity index is 159. The largest absolute Gasteiger partial charge is 0.299 e. The Labute approximate surface area is 63.1 Å². The average Bonchev–Trinajstić information content (AvgIpc) is 2.08. The highest BCUT2D eigenvalue weighted by Gasteiger charge is 2.46. The van der Waals surface area contributed by atoms with Crippen LogP contribution in [0, 0.1) is 5.92 Å². The van der Waals surface area contributed by atoms with Crippen LogP contribution in [0.4, 0.5) is 0 Å². The first-order valence-corrected chi connectivity index (χ1v) is 4.47. The van der Waals surface area contributed by atoms with Crippen LogP contribution in [0.3, 0.4) is 0 Å². The predicted molar refractivity (Wildman–Crippen MR) is 38.8 cm³/mol. The Kier molecular flexibility index (Phi) is 1.27. The summed E-state index contributed by atoms with van der Waals surface area (Å²) in [5, 5.41) is 0.583. The third kappa shape index (κ3) is 0.802. The minimum absolute atomic E-state index is 0.214. The summed E-state index contributed by atoms with van der Waals surface area (Å²) in [6.45, 7) is 0. The summed E-state index contributed by atoms with van der Waals surface area (Å²) >= 11 is 7.58. The number of alkyl halides is 1. The molecule has 2 fully saturated rings. The van der Waals surface area contributed by atoms with Crippen LogP contribution in [0.2, 0.25) is 0 Å². The number of ketones is 1. The normalized spacial score (nSPS) is 48.6. The molecule has 1 aliphatic heterocycles. The maximum Gasteiger partial charge on any atom is 0.138 e. The topological polar surface area (TPSA) is 17.1 Å². The Morgan fingerprint density at radius 2 is 2.44 bits per heavy atom. The molecule has 0 bridgehead atoms. The lowest BCUT2D eigenvalue weighted by Crippen LogP contribution is -2.35. The minimum atomic E-state index is 0.214. The summed E-state index contributed by atoms with van der Waals surface area (Å²) in [5.74, 6) is 0.758. The van der Waals surface area contributed by atoms with Crippen LogP contribution >= 0.6 is 23.4 Å². The van der Waals surface area contributed by atoms with Gasteiger partial charge in [0, 0.05) is 17.6 Å². The first-order chi connectivity index (χ1) is 4.27. The lowest BCUT2D eigenvalue weighted by Gasteiger charge is -2.26. The van der Waals surface area contributed by atoms with Gasteiger partial charge in [0.2, 0.25) is 0 Å². The van der Waals surface area contributed by atoms with Crippen LogP contribution in [-0.2, 0) is 4.79 Å². The number of hydrogen-bond acceptors (Lipinski definition) is 2. The molecule has 1 heterocycles. The molecule has 1 aliphatic carbocycles. The van der Waals surface area contributed by atoms with Gasteiger partial charge in [0.25, 0.3) is 0 Å². The molecule has 0 aromatic heterocycles. The van der Waals surface area contributed by atoms with Gasteiger partial charge in [0.15, 0.2) is 0 Å². The molecule has 1 saturated heterocycles. The van der Waals surface area contributed by atoms with E-state index in [1.54, 1.807) is 11.8 Å². The zero-order valence-corrected chi connectivity index (χ0v) is 6.41. The van der Waals surface area contributed by atoms with E-state index in [0.717, 1.165) is 12.8 Å². The molecule has 50 valence electrons. The van der Waals surface area contributed by atoms with Gasteiger partial charge in [-0.3, -0.25) is 4.79 Å². The van der Waals surface area contributed by atoms with Crippen molar-refractivity contribution in [1.29, 1.82) is 0 Å². The predicted octanol–water partition coefficient (Wildman–Crippen LogP) is 1.65. The molecule has 0 amide bonds. The van der Waals surface area contributed by atoms with Crippen molar-refractivity contribution in [2.24, 2.45) is 5.92 Å². The van der Waals surface area contributed by atoms with Crippen LogP contribution in [0.15, 0.2) is 0 Å². The maximum absolute atomic E-state index is 10.8. The van der Waals surface area contributed by atoms with Gasteiger partial charge in [-0.05, 0) is 6.42 Å². The third-order valence-corrected chi connectivity index (χ3v) is 3.85. The van der Waals surface area contributed by atoms with E-state index in [0.29, 0.717) is 17.0 Å². The van der Waals surface area contributed by atoms with Crippen molar-refractivity contribution in [2.75, 3.05) is 0 Å². The van der Waals surface area contributed by atoms with Gasteiger partial charge in [-0.25, -0.2) is 0 Å². The van der Waals surface area contributed by atoms with E-state index in [2.05, 4.69) is 0 Å². The highest BCUT2D eigenvalue weighted by atomic mass is 35.5. The quantitative estimate of drug-likeness (QED) is 0.504. The van der Waals surface area contributed by atoms with E-state index >= 15 is 0 Å². The first kappa shape index (κ1) is 6.05. The molecule has 1 saturated carbocycles. The second kappa shape index (κ2) is 1.89. The fourth-order valence-electron chi connectivity index (χ4n) is 1.41. The van der Waals surface area contributed by atoms with Crippen molar-refractivity contribution in [3.8, 4) is 0 Å². The maximum atomic E-state index is 10.8. The van der Waals surface area contributed by atoms with E-state index in [4.69, 9.17) is 11.6 Å². The standard InChI is InChI=1S/C6H7ClOS/c7-6-1-3-4(8)2-5(3)9-6/h3,5-6H,1-2H2/t3-,5+,6-/m0/s1. The highest BCUT2D eigenvalue weighted by Crippen LogP contribution is 2.49. The van der Waals surface area contributed by atoms with Crippen LogP contribution < -0.4 is 0 Å². The molecular formula is C6H7ClOS. The third-order valence-electron chi connectivity index (χ3n) is 2.03. The summed E-state index contributed by atoms with van der Waals surface area (Å²) < 4.78 is 0.214. The van der Waals surface area contributed by atoms with E-state index in [9.17, 15) is 4.79 Å². The van der Waals surface area contributed by atoms with Crippen LogP contribution in [-0.4, -0.2) is 15.7 Å². The van der Waals surface area contributed by atoms with E-state index < -0.39 is 0 Å². The summed E-state index contributed by atoms with van der Waals surface area (Å²) in [6.07, 6.45) is 1.69. The first-order valence-electron chi connectivity index (χ1n) is 3.09. The zero-order chi connectivity index (χ0) is 6.43. The van der Waals surface area contributed by atoms with Gasteiger partial charge in [-0.15, -0.1) is 23.4 Å². The smallest absolute Gasteiger partial charge is 0.138 e. The van der Waals surface area contributed by atoms with Crippen molar-refractivity contribution in [1.82, 2.24) is 0 Å². The number of fused-ring (bicyclic) bond motifs is 1. The number of carbonyl (C=O) groups excluding carboxylic acids is 1. The van der Waals surface area contributed by atoms with Crippen molar-refractivity contribution in [2.45, 2.75) is 22.8 Å². The van der Waals surface area contributed by atoms with Gasteiger partial charge in [-0.1, -0.05) is 0 Å². The summed E-state index contributed by atoms with van der Waals surface area (Å²) in [6, 6.07) is 0. The summed E-state index contributed by atoms with van der Waals surface area (Å²) in [7, 11) is 0. The molecule has 0 N–H and O–H groups in total. The lowest BCUT2D eigenvalue weighted by atomic mass is 9.82. The SMILES string of the molecule is O=C1C[C@H]2S[C@H](Cl)C[C@@H]12. The Balaban J connectivity index is 2.08. The Hall–Kier alpha value is 0.310.